The number of amides is 1. The van der Waals surface area contributed by atoms with Gasteiger partial charge in [0.2, 0.25) is 5.91 Å². The van der Waals surface area contributed by atoms with Gasteiger partial charge in [0, 0.05) is 36.1 Å². The Bertz CT molecular complexity index is 759. The topological polar surface area (TPSA) is 112 Å². The minimum atomic E-state index is -1.30. The smallest absolute Gasteiger partial charge is 0.269 e. The van der Waals surface area contributed by atoms with Gasteiger partial charge in [0.15, 0.2) is 0 Å². The summed E-state index contributed by atoms with van der Waals surface area (Å²) >= 11 is 0. The molecule has 0 aromatic heterocycles. The maximum atomic E-state index is 12.1. The van der Waals surface area contributed by atoms with Crippen LogP contribution in [-0.4, -0.2) is 16.8 Å². The minimum Gasteiger partial charge on any atom is -0.550 e. The molecule has 0 spiro atoms. The van der Waals surface area contributed by atoms with Crippen molar-refractivity contribution in [3.8, 4) is 0 Å². The number of nitro benzene ring substituents is 1. The lowest BCUT2D eigenvalue weighted by Crippen LogP contribution is -2.36. The van der Waals surface area contributed by atoms with Gasteiger partial charge in [-0.1, -0.05) is 37.3 Å². The van der Waals surface area contributed by atoms with Gasteiger partial charge in [0.05, 0.1) is 4.92 Å². The van der Waals surface area contributed by atoms with Crippen molar-refractivity contribution >= 4 is 23.3 Å². The third-order valence-electron chi connectivity index (χ3n) is 4.00. The van der Waals surface area contributed by atoms with E-state index in [1.54, 1.807) is 31.2 Å². The molecule has 0 radical (unpaired) electrons. The molecule has 2 rings (SSSR count). The zero-order valence-electron chi connectivity index (χ0n) is 13.5. The molecule has 0 unspecified atom stereocenters. The molecule has 2 atom stereocenters. The maximum Gasteiger partial charge on any atom is 0.269 e. The first-order valence-electron chi connectivity index (χ1n) is 7.68. The lowest BCUT2D eigenvalue weighted by Gasteiger charge is -2.25. The number of carbonyl (C=O) groups excluding carboxylic acids is 2. The van der Waals surface area contributed by atoms with Crippen molar-refractivity contribution in [2.45, 2.75) is 19.3 Å². The molecular formula is C18H17N2O5-. The molecule has 7 heteroatoms. The molecule has 25 heavy (non-hydrogen) atoms. The quantitative estimate of drug-likeness (QED) is 0.612. The Labute approximate surface area is 144 Å². The van der Waals surface area contributed by atoms with Gasteiger partial charge >= 0.3 is 0 Å². The van der Waals surface area contributed by atoms with Crippen molar-refractivity contribution in [2.75, 3.05) is 5.32 Å². The number of anilines is 1. The van der Waals surface area contributed by atoms with Crippen LogP contribution in [0.25, 0.3) is 0 Å². The summed E-state index contributed by atoms with van der Waals surface area (Å²) in [7, 11) is 0. The lowest BCUT2D eigenvalue weighted by atomic mass is 9.85. The number of hydrogen-bond donors (Lipinski definition) is 1. The average molecular weight is 341 g/mol. The molecule has 0 saturated carbocycles. The molecule has 0 heterocycles. The summed E-state index contributed by atoms with van der Waals surface area (Å²) < 4.78 is 0. The van der Waals surface area contributed by atoms with E-state index in [0.717, 1.165) is 5.56 Å². The van der Waals surface area contributed by atoms with E-state index in [9.17, 15) is 24.8 Å². The standard InChI is InChI=1S/C18H18N2O5/c1-12(13-5-3-2-4-6-13)16(18(22)23)11-17(21)19-14-7-9-15(10-8-14)20(24)25/h2-10,12,16H,11H2,1H3,(H,19,21)(H,22,23)/p-1/t12-,16-/m1/s1. The van der Waals surface area contributed by atoms with Crippen molar-refractivity contribution < 1.29 is 19.6 Å². The predicted molar refractivity (Wildman–Crippen MR) is 89.7 cm³/mol. The fourth-order valence-corrected chi connectivity index (χ4v) is 2.53. The van der Waals surface area contributed by atoms with Crippen LogP contribution in [0.15, 0.2) is 54.6 Å². The monoisotopic (exact) mass is 341 g/mol. The molecule has 0 aliphatic carbocycles. The van der Waals surface area contributed by atoms with Crippen LogP contribution in [0.1, 0.15) is 24.8 Å². The molecular weight excluding hydrogens is 324 g/mol. The second-order valence-electron chi connectivity index (χ2n) is 5.68. The number of nitrogens with one attached hydrogen (secondary N) is 1. The van der Waals surface area contributed by atoms with Crippen LogP contribution < -0.4 is 10.4 Å². The third kappa shape index (κ3) is 4.87. The van der Waals surface area contributed by atoms with E-state index in [-0.39, 0.29) is 12.1 Å². The molecule has 1 N–H and O–H groups in total. The number of aliphatic carboxylic acids is 1. The van der Waals surface area contributed by atoms with Crippen LogP contribution in [0.2, 0.25) is 0 Å². The van der Waals surface area contributed by atoms with Gasteiger partial charge in [0.1, 0.15) is 0 Å². The number of carbonyl (C=O) groups is 2. The maximum absolute atomic E-state index is 12.1. The highest BCUT2D eigenvalue weighted by atomic mass is 16.6. The van der Waals surface area contributed by atoms with E-state index in [0.29, 0.717) is 5.69 Å². The molecule has 130 valence electrons. The van der Waals surface area contributed by atoms with Gasteiger partial charge in [-0.25, -0.2) is 0 Å². The second-order valence-corrected chi connectivity index (χ2v) is 5.68. The first-order valence-corrected chi connectivity index (χ1v) is 7.68. The molecule has 0 saturated heterocycles. The number of nitro groups is 1. The van der Waals surface area contributed by atoms with E-state index in [1.807, 2.05) is 6.07 Å². The Balaban J connectivity index is 2.05. The van der Waals surface area contributed by atoms with Crippen molar-refractivity contribution in [3.05, 3.63) is 70.3 Å². The number of hydrogen-bond acceptors (Lipinski definition) is 5. The van der Waals surface area contributed by atoms with E-state index in [4.69, 9.17) is 0 Å². The Kier molecular flexibility index (Phi) is 5.84. The summed E-state index contributed by atoms with van der Waals surface area (Å²) in [4.78, 5) is 33.7. The van der Waals surface area contributed by atoms with Gasteiger partial charge in [0.25, 0.3) is 5.69 Å². The van der Waals surface area contributed by atoms with Gasteiger partial charge in [-0.15, -0.1) is 0 Å². The number of nitrogens with zero attached hydrogens (tertiary/aromatic N) is 1. The second kappa shape index (κ2) is 8.05. The highest BCUT2D eigenvalue weighted by Gasteiger charge is 2.23. The molecule has 7 nitrogen and oxygen atoms in total. The normalized spacial score (nSPS) is 12.8. The Morgan fingerprint density at radius 3 is 2.20 bits per heavy atom. The summed E-state index contributed by atoms with van der Waals surface area (Å²) in [6.07, 6.45) is -0.255. The van der Waals surface area contributed by atoms with Gasteiger partial charge in [-0.05, 0) is 23.6 Å². The van der Waals surface area contributed by atoms with Gasteiger partial charge < -0.3 is 15.2 Å². The molecule has 1 amide bonds. The third-order valence-corrected chi connectivity index (χ3v) is 4.00. The largest absolute Gasteiger partial charge is 0.550 e. The molecule has 2 aromatic rings. The van der Waals surface area contributed by atoms with E-state index in [2.05, 4.69) is 5.32 Å². The Morgan fingerprint density at radius 2 is 1.68 bits per heavy atom. The van der Waals surface area contributed by atoms with E-state index < -0.39 is 28.6 Å². The summed E-state index contributed by atoms with van der Waals surface area (Å²) in [5, 5.41) is 24.6. The van der Waals surface area contributed by atoms with E-state index in [1.165, 1.54) is 24.3 Å². The predicted octanol–water partition coefficient (Wildman–Crippen LogP) is 2.09. The first kappa shape index (κ1) is 18.1. The van der Waals surface area contributed by atoms with Crippen molar-refractivity contribution in [1.82, 2.24) is 0 Å². The average Bonchev–Trinajstić information content (AvgIpc) is 2.60. The van der Waals surface area contributed by atoms with Crippen molar-refractivity contribution in [3.63, 3.8) is 0 Å². The minimum absolute atomic E-state index is 0.0942. The van der Waals surface area contributed by atoms with Gasteiger partial charge in [-0.3, -0.25) is 14.9 Å². The molecule has 2 aromatic carbocycles. The summed E-state index contributed by atoms with van der Waals surface area (Å²) in [6, 6.07) is 14.3. The molecule has 0 aliphatic rings. The summed E-state index contributed by atoms with van der Waals surface area (Å²) in [6.45, 7) is 1.73. The van der Waals surface area contributed by atoms with Crippen LogP contribution >= 0.6 is 0 Å². The SMILES string of the molecule is C[C@H](c1ccccc1)[C@@H](CC(=O)Nc1ccc([N+](=O)[O-])cc1)C(=O)[O-]. The first-order chi connectivity index (χ1) is 11.9. The van der Waals surface area contributed by atoms with Crippen molar-refractivity contribution in [2.24, 2.45) is 5.92 Å². The fraction of sp³-hybridized carbons (Fsp3) is 0.222. The summed E-state index contributed by atoms with van der Waals surface area (Å²) in [5.41, 5.74) is 1.07. The number of carboxylic acid groups (broad SMARTS) is 1. The highest BCUT2D eigenvalue weighted by molar-refractivity contribution is 5.93. The number of carboxylic acids is 1. The highest BCUT2D eigenvalue weighted by Crippen LogP contribution is 2.27. The molecule has 0 bridgehead atoms. The van der Waals surface area contributed by atoms with E-state index >= 15 is 0 Å². The van der Waals surface area contributed by atoms with Gasteiger partial charge in [-0.2, -0.15) is 0 Å². The Morgan fingerprint density at radius 1 is 1.08 bits per heavy atom. The lowest BCUT2D eigenvalue weighted by molar-refractivity contribution is -0.384. The van der Waals surface area contributed by atoms with Crippen LogP contribution in [0.3, 0.4) is 0 Å². The van der Waals surface area contributed by atoms with Crippen LogP contribution in [-0.2, 0) is 9.59 Å². The Hall–Kier alpha value is -3.22. The fourth-order valence-electron chi connectivity index (χ4n) is 2.53. The number of non-ortho nitro benzene ring substituents is 1. The molecule has 0 fully saturated rings. The van der Waals surface area contributed by atoms with Crippen LogP contribution in [0, 0.1) is 16.0 Å². The van der Waals surface area contributed by atoms with Crippen molar-refractivity contribution in [1.29, 1.82) is 0 Å². The molecule has 0 aliphatic heterocycles. The number of rotatable bonds is 7. The summed E-state index contributed by atoms with van der Waals surface area (Å²) in [5.74, 6) is -3.17. The number of benzene rings is 2. The zero-order chi connectivity index (χ0) is 18.4. The van der Waals surface area contributed by atoms with Crippen LogP contribution in [0.4, 0.5) is 11.4 Å². The van der Waals surface area contributed by atoms with Crippen LogP contribution in [0.5, 0.6) is 0 Å². The zero-order valence-corrected chi connectivity index (χ0v) is 13.5.